The van der Waals surface area contributed by atoms with Crippen molar-refractivity contribution in [3.63, 3.8) is 0 Å². The maximum absolute atomic E-state index is 12.9. The highest BCUT2D eigenvalue weighted by molar-refractivity contribution is 9.10. The van der Waals surface area contributed by atoms with Crippen LogP contribution in [0.1, 0.15) is 47.2 Å². The minimum atomic E-state index is -0.334. The Labute approximate surface area is 207 Å². The number of imide groups is 1. The second-order valence-corrected chi connectivity index (χ2v) is 9.73. The lowest BCUT2D eigenvalue weighted by Crippen LogP contribution is -2.51. The second-order valence-electron chi connectivity index (χ2n) is 8.88. The molecular formula is C26H26BrN3O4. The monoisotopic (exact) mass is 523 g/mol. The lowest BCUT2D eigenvalue weighted by atomic mass is 10.1. The summed E-state index contributed by atoms with van der Waals surface area (Å²) in [7, 11) is 0. The topological polar surface area (TPSA) is 70.2 Å². The van der Waals surface area contributed by atoms with E-state index in [0.29, 0.717) is 28.8 Å². The molecule has 8 heteroatoms. The van der Waals surface area contributed by atoms with Gasteiger partial charge in [0.05, 0.1) is 11.0 Å². The lowest BCUT2D eigenvalue weighted by Gasteiger charge is -2.32. The number of carbonyl (C=O) groups excluding carboxylic acids is 3. The van der Waals surface area contributed by atoms with Gasteiger partial charge in [-0.2, -0.15) is 5.01 Å². The minimum absolute atomic E-state index is 0.187. The Morgan fingerprint density at radius 2 is 1.74 bits per heavy atom. The van der Waals surface area contributed by atoms with Crippen LogP contribution in [0.15, 0.2) is 58.6 Å². The molecule has 0 N–H and O–H groups in total. The molecular weight excluding hydrogens is 498 g/mol. The average Bonchev–Trinajstić information content (AvgIpc) is 3.14. The third-order valence-electron chi connectivity index (χ3n) is 6.49. The Balaban J connectivity index is 1.22. The van der Waals surface area contributed by atoms with Crippen LogP contribution in [0.4, 0.5) is 0 Å². The number of nitrogens with zero attached hydrogens (tertiary/aromatic N) is 3. The summed E-state index contributed by atoms with van der Waals surface area (Å²) < 4.78 is 6.78. The Kier molecular flexibility index (Phi) is 6.52. The largest absolute Gasteiger partial charge is 0.488 e. The van der Waals surface area contributed by atoms with Crippen molar-refractivity contribution in [1.82, 2.24) is 14.9 Å². The number of carbonyl (C=O) groups is 3. The molecule has 34 heavy (non-hydrogen) atoms. The highest BCUT2D eigenvalue weighted by Gasteiger charge is 2.39. The summed E-state index contributed by atoms with van der Waals surface area (Å²) in [6, 6.07) is 14.0. The van der Waals surface area contributed by atoms with Gasteiger partial charge in [-0.1, -0.05) is 36.4 Å². The van der Waals surface area contributed by atoms with Crippen molar-refractivity contribution in [2.75, 3.05) is 19.7 Å². The molecule has 0 aromatic heterocycles. The standard InChI is InChI=1S/C26H26BrN3O4/c27-22-14-21-20(16-29(26(21)33)30-24(31)7-4-8-25(30)32)13-23(22)34-17-19-9-11-28(12-10-19)15-18-5-2-1-3-6-18/h1-3,5-6,9,13-14H,4,7-8,10-12,15-17H2. The van der Waals surface area contributed by atoms with Crippen LogP contribution in [0.5, 0.6) is 5.75 Å². The zero-order valence-corrected chi connectivity index (χ0v) is 20.4. The van der Waals surface area contributed by atoms with Crippen LogP contribution in [-0.2, 0) is 22.7 Å². The molecule has 0 radical (unpaired) electrons. The van der Waals surface area contributed by atoms with Crippen molar-refractivity contribution >= 4 is 33.7 Å². The van der Waals surface area contributed by atoms with Gasteiger partial charge in [-0.3, -0.25) is 19.3 Å². The van der Waals surface area contributed by atoms with Gasteiger partial charge in [0.2, 0.25) is 11.8 Å². The first-order chi connectivity index (χ1) is 16.5. The van der Waals surface area contributed by atoms with Gasteiger partial charge in [-0.25, -0.2) is 5.01 Å². The molecule has 5 rings (SSSR count). The summed E-state index contributed by atoms with van der Waals surface area (Å²) in [4.78, 5) is 39.9. The zero-order valence-electron chi connectivity index (χ0n) is 18.8. The van der Waals surface area contributed by atoms with Crippen LogP contribution in [-0.4, -0.2) is 52.3 Å². The van der Waals surface area contributed by atoms with Gasteiger partial charge in [0.1, 0.15) is 12.4 Å². The smallest absolute Gasteiger partial charge is 0.273 e. The first-order valence-corrected chi connectivity index (χ1v) is 12.4. The molecule has 3 aliphatic rings. The van der Waals surface area contributed by atoms with E-state index in [1.165, 1.54) is 16.1 Å². The molecule has 0 aliphatic carbocycles. The van der Waals surface area contributed by atoms with Gasteiger partial charge in [0.25, 0.3) is 5.91 Å². The Bertz CT molecular complexity index is 1150. The summed E-state index contributed by atoms with van der Waals surface area (Å²) in [5.41, 5.74) is 3.80. The third kappa shape index (κ3) is 4.65. The van der Waals surface area contributed by atoms with Crippen molar-refractivity contribution in [3.8, 4) is 5.75 Å². The molecule has 1 saturated heterocycles. The predicted octanol–water partition coefficient (Wildman–Crippen LogP) is 4.07. The van der Waals surface area contributed by atoms with Crippen LogP contribution in [0.2, 0.25) is 0 Å². The lowest BCUT2D eigenvalue weighted by molar-refractivity contribution is -0.163. The molecule has 176 valence electrons. The number of hydrogen-bond acceptors (Lipinski definition) is 5. The summed E-state index contributed by atoms with van der Waals surface area (Å²) in [6.07, 6.45) is 4.27. The number of halogens is 1. The number of hydrogen-bond donors (Lipinski definition) is 0. The van der Waals surface area contributed by atoms with Crippen LogP contribution in [0.3, 0.4) is 0 Å². The van der Waals surface area contributed by atoms with E-state index in [1.807, 2.05) is 12.1 Å². The SMILES string of the molecule is O=C1c2cc(Br)c(OCC3=CCN(Cc4ccccc4)CC3)cc2CN1N1C(=O)CCCC1=O. The molecule has 2 aromatic carbocycles. The van der Waals surface area contributed by atoms with Crippen LogP contribution < -0.4 is 4.74 Å². The van der Waals surface area contributed by atoms with Gasteiger partial charge in [0.15, 0.2) is 0 Å². The number of rotatable bonds is 6. The molecule has 3 heterocycles. The quantitative estimate of drug-likeness (QED) is 0.421. The fourth-order valence-corrected chi connectivity index (χ4v) is 5.08. The molecule has 1 fully saturated rings. The molecule has 3 amide bonds. The van der Waals surface area contributed by atoms with Crippen molar-refractivity contribution in [2.45, 2.75) is 38.8 Å². The van der Waals surface area contributed by atoms with Crippen LogP contribution >= 0.6 is 15.9 Å². The minimum Gasteiger partial charge on any atom is -0.488 e. The first kappa shape index (κ1) is 22.8. The Morgan fingerprint density at radius 3 is 2.44 bits per heavy atom. The van der Waals surface area contributed by atoms with E-state index in [4.69, 9.17) is 4.74 Å². The van der Waals surface area contributed by atoms with E-state index in [9.17, 15) is 14.4 Å². The first-order valence-electron chi connectivity index (χ1n) is 11.6. The molecule has 0 saturated carbocycles. The molecule has 2 aromatic rings. The van der Waals surface area contributed by atoms with E-state index in [2.05, 4.69) is 51.2 Å². The normalized spacial score (nSPS) is 18.9. The summed E-state index contributed by atoms with van der Waals surface area (Å²) in [6.45, 7) is 3.48. The van der Waals surface area contributed by atoms with Crippen molar-refractivity contribution in [1.29, 1.82) is 0 Å². The molecule has 0 bridgehead atoms. The van der Waals surface area contributed by atoms with E-state index >= 15 is 0 Å². The maximum Gasteiger partial charge on any atom is 0.273 e. The summed E-state index contributed by atoms with van der Waals surface area (Å²) in [5.74, 6) is -0.325. The Hall–Kier alpha value is -2.97. The second kappa shape index (κ2) is 9.72. The molecule has 0 atom stereocenters. The van der Waals surface area contributed by atoms with Gasteiger partial charge < -0.3 is 4.74 Å². The fraction of sp³-hybridized carbons (Fsp3) is 0.346. The zero-order chi connectivity index (χ0) is 23.7. The number of ether oxygens (including phenoxy) is 1. The van der Waals surface area contributed by atoms with Gasteiger partial charge in [-0.15, -0.1) is 0 Å². The predicted molar refractivity (Wildman–Crippen MR) is 130 cm³/mol. The molecule has 3 aliphatic heterocycles. The van der Waals surface area contributed by atoms with Gasteiger partial charge >= 0.3 is 0 Å². The van der Waals surface area contributed by atoms with Crippen LogP contribution in [0, 0.1) is 0 Å². The van der Waals surface area contributed by atoms with E-state index in [0.717, 1.165) is 36.6 Å². The highest BCUT2D eigenvalue weighted by atomic mass is 79.9. The molecule has 0 unspecified atom stereocenters. The van der Waals surface area contributed by atoms with Crippen molar-refractivity contribution < 1.29 is 19.1 Å². The highest BCUT2D eigenvalue weighted by Crippen LogP contribution is 2.35. The number of fused-ring (bicyclic) bond motifs is 1. The summed E-state index contributed by atoms with van der Waals surface area (Å²) in [5, 5.41) is 2.28. The molecule has 0 spiro atoms. The Morgan fingerprint density at radius 1 is 0.971 bits per heavy atom. The number of amides is 3. The van der Waals surface area contributed by atoms with E-state index < -0.39 is 0 Å². The van der Waals surface area contributed by atoms with Gasteiger partial charge in [0, 0.05) is 38.0 Å². The maximum atomic E-state index is 12.9. The number of piperidine rings is 1. The van der Waals surface area contributed by atoms with E-state index in [1.54, 1.807) is 6.07 Å². The summed E-state index contributed by atoms with van der Waals surface area (Å²) >= 11 is 3.52. The number of benzene rings is 2. The number of hydrazine groups is 1. The van der Waals surface area contributed by atoms with E-state index in [-0.39, 0.29) is 37.1 Å². The van der Waals surface area contributed by atoms with Crippen molar-refractivity contribution in [3.05, 3.63) is 75.3 Å². The van der Waals surface area contributed by atoms with Crippen molar-refractivity contribution in [2.24, 2.45) is 0 Å². The fourth-order valence-electron chi connectivity index (χ4n) is 4.62. The molecule has 7 nitrogen and oxygen atoms in total. The third-order valence-corrected chi connectivity index (χ3v) is 7.11. The van der Waals surface area contributed by atoms with Gasteiger partial charge in [-0.05, 0) is 57.6 Å². The average molecular weight is 524 g/mol. The van der Waals surface area contributed by atoms with Crippen LogP contribution in [0.25, 0.3) is 0 Å².